The van der Waals surface area contributed by atoms with Gasteiger partial charge < -0.3 is 10.5 Å². The van der Waals surface area contributed by atoms with Crippen LogP contribution in [0, 0.1) is 11.6 Å². The van der Waals surface area contributed by atoms with E-state index in [1.807, 2.05) is 6.07 Å². The van der Waals surface area contributed by atoms with Gasteiger partial charge in [-0.1, -0.05) is 43.3 Å². The van der Waals surface area contributed by atoms with Crippen molar-refractivity contribution in [1.82, 2.24) is 4.98 Å². The first kappa shape index (κ1) is 21.8. The molecule has 2 aromatic carbocycles. The number of pyridine rings is 1. The van der Waals surface area contributed by atoms with Crippen molar-refractivity contribution in [2.45, 2.75) is 6.42 Å². The predicted octanol–water partition coefficient (Wildman–Crippen LogP) is 5.90. The van der Waals surface area contributed by atoms with Gasteiger partial charge in [-0.05, 0) is 48.5 Å². The van der Waals surface area contributed by atoms with E-state index < -0.39 is 13.7 Å². The number of hydrogen-bond donors (Lipinski definition) is 1. The quantitative estimate of drug-likeness (QED) is 0.372. The van der Waals surface area contributed by atoms with E-state index in [1.165, 1.54) is 18.3 Å². The van der Waals surface area contributed by atoms with E-state index in [9.17, 15) is 8.78 Å². The Bertz CT molecular complexity index is 1050. The van der Waals surface area contributed by atoms with Crippen LogP contribution in [0.3, 0.4) is 0 Å². The maximum absolute atomic E-state index is 14.6. The molecule has 2 N–H and O–H groups in total. The first-order valence-corrected chi connectivity index (χ1v) is 11.7. The summed E-state index contributed by atoms with van der Waals surface area (Å²) in [5.74, 6) is -0.388. The molecule has 152 valence electrons. The molecule has 0 amide bonds. The number of benzene rings is 2. The molecule has 3 rings (SSSR count). The van der Waals surface area contributed by atoms with Crippen molar-refractivity contribution in [3.8, 4) is 16.9 Å². The third-order valence-electron chi connectivity index (χ3n) is 4.41. The highest BCUT2D eigenvalue weighted by molar-refractivity contribution is 7.64. The molecule has 0 aliphatic carbocycles. The van der Waals surface area contributed by atoms with Gasteiger partial charge in [-0.2, -0.15) is 0 Å². The average Bonchev–Trinajstić information content (AvgIpc) is 2.69. The van der Waals surface area contributed by atoms with Gasteiger partial charge in [0.1, 0.15) is 11.6 Å². The van der Waals surface area contributed by atoms with Gasteiger partial charge in [0.05, 0.1) is 11.6 Å². The molecule has 8 heteroatoms. The van der Waals surface area contributed by atoms with E-state index >= 15 is 0 Å². The summed E-state index contributed by atoms with van der Waals surface area (Å²) in [6, 6.07) is 9.48. The molecule has 0 saturated carbocycles. The van der Waals surface area contributed by atoms with Crippen molar-refractivity contribution in [1.29, 1.82) is 0 Å². The second-order valence-corrected chi connectivity index (χ2v) is 9.68. The van der Waals surface area contributed by atoms with E-state index in [1.54, 1.807) is 18.2 Å². The number of aromatic nitrogens is 1. The SMILES string of the molecule is CP(C)c1ccc(-c2cnc(N)c(OCCc3c(Cl)ccc(F)c3Cl)c2)c(F)c1. The summed E-state index contributed by atoms with van der Waals surface area (Å²) in [5, 5.41) is 1.30. The highest BCUT2D eigenvalue weighted by atomic mass is 35.5. The largest absolute Gasteiger partial charge is 0.489 e. The fraction of sp³-hybridized carbons (Fsp3) is 0.190. The van der Waals surface area contributed by atoms with Crippen molar-refractivity contribution >= 4 is 42.2 Å². The number of nitrogen functional groups attached to an aromatic ring is 1. The minimum Gasteiger partial charge on any atom is -0.489 e. The maximum atomic E-state index is 14.6. The van der Waals surface area contributed by atoms with Crippen molar-refractivity contribution < 1.29 is 13.5 Å². The van der Waals surface area contributed by atoms with E-state index in [0.717, 1.165) is 5.30 Å². The zero-order valence-corrected chi connectivity index (χ0v) is 18.3. The van der Waals surface area contributed by atoms with Gasteiger partial charge >= 0.3 is 0 Å². The van der Waals surface area contributed by atoms with E-state index in [0.29, 0.717) is 27.5 Å². The molecule has 3 aromatic rings. The number of halogens is 4. The van der Waals surface area contributed by atoms with Crippen LogP contribution in [0.1, 0.15) is 5.56 Å². The summed E-state index contributed by atoms with van der Waals surface area (Å²) >= 11 is 12.1. The van der Waals surface area contributed by atoms with Gasteiger partial charge in [0, 0.05) is 28.8 Å². The minimum absolute atomic E-state index is 0.0325. The molecule has 0 atom stereocenters. The van der Waals surface area contributed by atoms with E-state index in [-0.39, 0.29) is 29.7 Å². The van der Waals surface area contributed by atoms with Crippen LogP contribution in [0.25, 0.3) is 11.1 Å². The third-order valence-corrected chi connectivity index (χ3v) is 6.48. The molecule has 0 fully saturated rings. The van der Waals surface area contributed by atoms with Crippen LogP contribution in [-0.4, -0.2) is 24.9 Å². The molecule has 0 radical (unpaired) electrons. The molecule has 3 nitrogen and oxygen atoms in total. The van der Waals surface area contributed by atoms with Crippen LogP contribution < -0.4 is 15.8 Å². The zero-order valence-electron chi connectivity index (χ0n) is 15.8. The topological polar surface area (TPSA) is 48.1 Å². The van der Waals surface area contributed by atoms with Gasteiger partial charge in [-0.3, -0.25) is 0 Å². The average molecular weight is 455 g/mol. The lowest BCUT2D eigenvalue weighted by Crippen LogP contribution is -2.06. The Balaban J connectivity index is 1.79. The van der Waals surface area contributed by atoms with Gasteiger partial charge in [0.25, 0.3) is 0 Å². The highest BCUT2D eigenvalue weighted by Crippen LogP contribution is 2.32. The molecular weight excluding hydrogens is 436 g/mol. The molecule has 0 aliphatic rings. The Morgan fingerprint density at radius 1 is 1.07 bits per heavy atom. The lowest BCUT2D eigenvalue weighted by molar-refractivity contribution is 0.322. The molecule has 0 spiro atoms. The number of rotatable bonds is 6. The Morgan fingerprint density at radius 3 is 2.52 bits per heavy atom. The Hall–Kier alpha value is -1.94. The molecule has 0 aliphatic heterocycles. The van der Waals surface area contributed by atoms with Crippen molar-refractivity contribution in [3.05, 3.63) is 69.8 Å². The summed E-state index contributed by atoms with van der Waals surface area (Å²) in [7, 11) is -0.391. The number of nitrogens with two attached hydrogens (primary N) is 1. The molecule has 0 saturated heterocycles. The lowest BCUT2D eigenvalue weighted by atomic mass is 10.1. The molecule has 1 heterocycles. The minimum atomic E-state index is -0.545. The maximum Gasteiger partial charge on any atom is 0.166 e. The number of nitrogens with zero attached hydrogens (tertiary/aromatic N) is 1. The fourth-order valence-corrected chi connectivity index (χ4v) is 4.10. The molecular formula is C21H19Cl2F2N2OP. The molecule has 1 aromatic heterocycles. The van der Waals surface area contributed by atoms with Gasteiger partial charge in [0.2, 0.25) is 0 Å². The first-order valence-electron chi connectivity index (χ1n) is 8.76. The summed E-state index contributed by atoms with van der Waals surface area (Å²) < 4.78 is 33.9. The van der Waals surface area contributed by atoms with Crippen LogP contribution in [0.4, 0.5) is 14.6 Å². The Labute approximate surface area is 179 Å². The summed E-state index contributed by atoms with van der Waals surface area (Å²) in [6.07, 6.45) is 1.78. The second kappa shape index (κ2) is 9.25. The van der Waals surface area contributed by atoms with Crippen LogP contribution in [-0.2, 0) is 6.42 Å². The highest BCUT2D eigenvalue weighted by Gasteiger charge is 2.14. The van der Waals surface area contributed by atoms with Crippen LogP contribution in [0.15, 0.2) is 42.6 Å². The van der Waals surface area contributed by atoms with Crippen molar-refractivity contribution in [2.75, 3.05) is 25.7 Å². The molecule has 0 bridgehead atoms. The number of ether oxygens (including phenoxy) is 1. The second-order valence-electron chi connectivity index (χ2n) is 6.59. The van der Waals surface area contributed by atoms with Crippen molar-refractivity contribution in [2.24, 2.45) is 0 Å². The van der Waals surface area contributed by atoms with Crippen LogP contribution in [0.5, 0.6) is 5.75 Å². The van der Waals surface area contributed by atoms with Gasteiger partial charge in [-0.25, -0.2) is 13.8 Å². The van der Waals surface area contributed by atoms with Gasteiger partial charge in [0.15, 0.2) is 11.6 Å². The van der Waals surface area contributed by atoms with E-state index in [2.05, 4.69) is 18.3 Å². The monoisotopic (exact) mass is 454 g/mol. The lowest BCUT2D eigenvalue weighted by Gasteiger charge is -2.13. The smallest absolute Gasteiger partial charge is 0.166 e. The Morgan fingerprint density at radius 2 is 1.83 bits per heavy atom. The first-order chi connectivity index (χ1) is 13.8. The standard InChI is InChI=1S/C21H19Cl2F2N2OP/c1-29(2)13-3-4-14(18(25)10-13)12-9-19(21(26)27-11-12)28-8-7-15-16(22)5-6-17(24)20(15)23/h3-6,9-11H,7-8H2,1-2H3,(H2,26,27). The van der Waals surface area contributed by atoms with Gasteiger partial charge in [-0.15, -0.1) is 0 Å². The molecule has 0 unspecified atom stereocenters. The Kier molecular flexibility index (Phi) is 6.94. The fourth-order valence-electron chi connectivity index (χ4n) is 2.80. The van der Waals surface area contributed by atoms with Crippen LogP contribution >= 0.6 is 31.1 Å². The van der Waals surface area contributed by atoms with Crippen LogP contribution in [0.2, 0.25) is 10.0 Å². The predicted molar refractivity (Wildman–Crippen MR) is 118 cm³/mol. The third kappa shape index (κ3) is 4.98. The summed E-state index contributed by atoms with van der Waals surface area (Å²) in [6.45, 7) is 4.28. The molecule has 29 heavy (non-hydrogen) atoms. The zero-order chi connectivity index (χ0) is 21.1. The van der Waals surface area contributed by atoms with E-state index in [4.69, 9.17) is 33.7 Å². The summed E-state index contributed by atoms with van der Waals surface area (Å²) in [4.78, 5) is 4.11. The van der Waals surface area contributed by atoms with Crippen molar-refractivity contribution in [3.63, 3.8) is 0 Å². The number of hydrogen-bond acceptors (Lipinski definition) is 3. The normalized spacial score (nSPS) is 11.1. The number of anilines is 1. The summed E-state index contributed by atoms with van der Waals surface area (Å²) in [5.41, 5.74) is 7.31.